The van der Waals surface area contributed by atoms with Crippen LogP contribution < -0.4 is 5.32 Å². The third-order valence-corrected chi connectivity index (χ3v) is 4.23. The number of hydrogen-bond donors (Lipinski definition) is 1. The molecular formula is C18H28N2O. The Bertz CT molecular complexity index is 453. The summed E-state index contributed by atoms with van der Waals surface area (Å²) in [6.07, 6.45) is 3.35. The van der Waals surface area contributed by atoms with E-state index in [4.69, 9.17) is 0 Å². The minimum atomic E-state index is 0.187. The van der Waals surface area contributed by atoms with E-state index in [2.05, 4.69) is 38.2 Å². The smallest absolute Gasteiger partial charge is 0.253 e. The van der Waals surface area contributed by atoms with Crippen LogP contribution in [0.4, 0.5) is 0 Å². The van der Waals surface area contributed by atoms with Crippen LogP contribution in [0.25, 0.3) is 0 Å². The Morgan fingerprint density at radius 2 is 2.05 bits per heavy atom. The second-order valence-corrected chi connectivity index (χ2v) is 6.37. The molecule has 21 heavy (non-hydrogen) atoms. The third kappa shape index (κ3) is 4.57. The summed E-state index contributed by atoms with van der Waals surface area (Å²) < 4.78 is 0. The van der Waals surface area contributed by atoms with Gasteiger partial charge < -0.3 is 10.2 Å². The standard InChI is InChI=1S/C18H28N2O/c1-4-15-7-9-17(10-8-15)18(21)20-11-5-6-16(13-20)12-19-14(2)3/h7-10,14,16,19H,4-6,11-13H2,1-3H3. The van der Waals surface area contributed by atoms with Crippen molar-refractivity contribution in [1.82, 2.24) is 10.2 Å². The molecule has 1 aromatic carbocycles. The molecule has 3 nitrogen and oxygen atoms in total. The van der Waals surface area contributed by atoms with E-state index in [-0.39, 0.29) is 5.91 Å². The predicted octanol–water partition coefficient (Wildman–Crippen LogP) is 3.10. The fourth-order valence-corrected chi connectivity index (χ4v) is 2.88. The molecule has 1 heterocycles. The summed E-state index contributed by atoms with van der Waals surface area (Å²) in [6.45, 7) is 9.26. The Hall–Kier alpha value is -1.35. The van der Waals surface area contributed by atoms with Crippen molar-refractivity contribution >= 4 is 5.91 Å². The largest absolute Gasteiger partial charge is 0.338 e. The lowest BCUT2D eigenvalue weighted by Crippen LogP contribution is -2.43. The minimum absolute atomic E-state index is 0.187. The van der Waals surface area contributed by atoms with Gasteiger partial charge in [0.15, 0.2) is 0 Å². The first-order valence-electron chi connectivity index (χ1n) is 8.21. The molecule has 0 aromatic heterocycles. The zero-order chi connectivity index (χ0) is 15.2. The fraction of sp³-hybridized carbons (Fsp3) is 0.611. The predicted molar refractivity (Wildman–Crippen MR) is 87.6 cm³/mol. The maximum atomic E-state index is 12.6. The Morgan fingerprint density at radius 1 is 1.33 bits per heavy atom. The average Bonchev–Trinajstić information content (AvgIpc) is 2.52. The summed E-state index contributed by atoms with van der Waals surface area (Å²) in [5.41, 5.74) is 2.11. The van der Waals surface area contributed by atoms with Crippen LogP contribution in [0.3, 0.4) is 0 Å². The number of aryl methyl sites for hydroxylation is 1. The minimum Gasteiger partial charge on any atom is -0.338 e. The topological polar surface area (TPSA) is 32.3 Å². The van der Waals surface area contributed by atoms with Crippen LogP contribution in [0, 0.1) is 5.92 Å². The van der Waals surface area contributed by atoms with Gasteiger partial charge in [-0.15, -0.1) is 0 Å². The van der Waals surface area contributed by atoms with Gasteiger partial charge in [-0.2, -0.15) is 0 Å². The number of benzene rings is 1. The number of amides is 1. The highest BCUT2D eigenvalue weighted by molar-refractivity contribution is 5.94. The van der Waals surface area contributed by atoms with Crippen LogP contribution in [0.1, 0.15) is 49.5 Å². The highest BCUT2D eigenvalue weighted by atomic mass is 16.2. The molecule has 3 heteroatoms. The van der Waals surface area contributed by atoms with Gasteiger partial charge in [0.2, 0.25) is 0 Å². The highest BCUT2D eigenvalue weighted by Gasteiger charge is 2.24. The summed E-state index contributed by atoms with van der Waals surface area (Å²) in [7, 11) is 0. The summed E-state index contributed by atoms with van der Waals surface area (Å²) in [4.78, 5) is 14.6. The van der Waals surface area contributed by atoms with E-state index in [0.29, 0.717) is 12.0 Å². The molecule has 116 valence electrons. The molecule has 1 fully saturated rings. The fourth-order valence-electron chi connectivity index (χ4n) is 2.88. The second kappa shape index (κ2) is 7.60. The maximum absolute atomic E-state index is 12.6. The van der Waals surface area contributed by atoms with Crippen molar-refractivity contribution in [3.8, 4) is 0 Å². The van der Waals surface area contributed by atoms with E-state index in [0.717, 1.165) is 38.0 Å². The first kappa shape index (κ1) is 16.0. The number of hydrogen-bond acceptors (Lipinski definition) is 2. The van der Waals surface area contributed by atoms with Crippen LogP contribution in [-0.4, -0.2) is 36.5 Å². The Kier molecular flexibility index (Phi) is 5.80. The molecule has 1 aromatic rings. The van der Waals surface area contributed by atoms with Gasteiger partial charge in [0.25, 0.3) is 5.91 Å². The first-order valence-corrected chi connectivity index (χ1v) is 8.21. The SMILES string of the molecule is CCc1ccc(C(=O)N2CCCC(CNC(C)C)C2)cc1. The van der Waals surface area contributed by atoms with E-state index in [1.807, 2.05) is 17.0 Å². The number of nitrogens with one attached hydrogen (secondary N) is 1. The number of rotatable bonds is 5. The maximum Gasteiger partial charge on any atom is 0.253 e. The number of likely N-dealkylation sites (tertiary alicyclic amines) is 1. The third-order valence-electron chi connectivity index (χ3n) is 4.23. The van der Waals surface area contributed by atoms with Crippen LogP contribution in [0.5, 0.6) is 0 Å². The first-order chi connectivity index (χ1) is 10.1. The summed E-state index contributed by atoms with van der Waals surface area (Å²) in [5, 5.41) is 3.49. The second-order valence-electron chi connectivity index (χ2n) is 6.37. The molecule has 1 atom stereocenters. The van der Waals surface area contributed by atoms with Gasteiger partial charge in [-0.25, -0.2) is 0 Å². The monoisotopic (exact) mass is 288 g/mol. The van der Waals surface area contributed by atoms with E-state index >= 15 is 0 Å². The molecule has 2 rings (SSSR count). The van der Waals surface area contributed by atoms with Crippen molar-refractivity contribution in [3.05, 3.63) is 35.4 Å². The molecule has 0 radical (unpaired) electrons. The highest BCUT2D eigenvalue weighted by Crippen LogP contribution is 2.18. The lowest BCUT2D eigenvalue weighted by molar-refractivity contribution is 0.0672. The number of piperidine rings is 1. The van der Waals surface area contributed by atoms with Gasteiger partial charge in [0, 0.05) is 24.7 Å². The molecule has 0 aliphatic carbocycles. The summed E-state index contributed by atoms with van der Waals surface area (Å²) in [6, 6.07) is 8.58. The quantitative estimate of drug-likeness (QED) is 0.903. The van der Waals surface area contributed by atoms with Crippen molar-refractivity contribution in [1.29, 1.82) is 0 Å². The van der Waals surface area contributed by atoms with Crippen LogP contribution in [0.15, 0.2) is 24.3 Å². The number of carbonyl (C=O) groups excluding carboxylic acids is 1. The molecular weight excluding hydrogens is 260 g/mol. The van der Waals surface area contributed by atoms with Crippen molar-refractivity contribution in [2.75, 3.05) is 19.6 Å². The lowest BCUT2D eigenvalue weighted by Gasteiger charge is -2.33. The van der Waals surface area contributed by atoms with Crippen molar-refractivity contribution in [3.63, 3.8) is 0 Å². The van der Waals surface area contributed by atoms with E-state index in [1.54, 1.807) is 0 Å². The van der Waals surface area contributed by atoms with Gasteiger partial charge >= 0.3 is 0 Å². The number of carbonyl (C=O) groups is 1. The van der Waals surface area contributed by atoms with Gasteiger partial charge in [0.1, 0.15) is 0 Å². The van der Waals surface area contributed by atoms with Crippen molar-refractivity contribution in [2.45, 2.75) is 46.1 Å². The average molecular weight is 288 g/mol. The molecule has 1 aliphatic rings. The zero-order valence-corrected chi connectivity index (χ0v) is 13.6. The van der Waals surface area contributed by atoms with Gasteiger partial charge in [-0.05, 0) is 49.4 Å². The van der Waals surface area contributed by atoms with Crippen LogP contribution in [-0.2, 0) is 6.42 Å². The van der Waals surface area contributed by atoms with Gasteiger partial charge in [-0.1, -0.05) is 32.9 Å². The normalized spacial score (nSPS) is 19.0. The molecule has 1 amide bonds. The van der Waals surface area contributed by atoms with E-state index in [1.165, 1.54) is 12.0 Å². The zero-order valence-electron chi connectivity index (χ0n) is 13.6. The van der Waals surface area contributed by atoms with Gasteiger partial charge in [-0.3, -0.25) is 4.79 Å². The molecule has 1 aliphatic heterocycles. The van der Waals surface area contributed by atoms with Crippen LogP contribution in [0.2, 0.25) is 0 Å². The van der Waals surface area contributed by atoms with Gasteiger partial charge in [0.05, 0.1) is 0 Å². The molecule has 0 saturated carbocycles. The van der Waals surface area contributed by atoms with Crippen molar-refractivity contribution < 1.29 is 4.79 Å². The molecule has 1 unspecified atom stereocenters. The molecule has 0 spiro atoms. The number of nitrogens with zero attached hydrogens (tertiary/aromatic N) is 1. The van der Waals surface area contributed by atoms with Crippen molar-refractivity contribution in [2.24, 2.45) is 5.92 Å². The Morgan fingerprint density at radius 3 is 2.67 bits per heavy atom. The lowest BCUT2D eigenvalue weighted by atomic mass is 9.97. The molecule has 0 bridgehead atoms. The molecule has 1 N–H and O–H groups in total. The van der Waals surface area contributed by atoms with E-state index < -0.39 is 0 Å². The molecule has 1 saturated heterocycles. The Labute approximate surface area is 128 Å². The summed E-state index contributed by atoms with van der Waals surface area (Å²) in [5.74, 6) is 0.770. The van der Waals surface area contributed by atoms with E-state index in [9.17, 15) is 4.79 Å². The summed E-state index contributed by atoms with van der Waals surface area (Å²) >= 11 is 0. The van der Waals surface area contributed by atoms with Crippen LogP contribution >= 0.6 is 0 Å². The Balaban J connectivity index is 1.94.